The number of amides is 2. The van der Waals surface area contributed by atoms with E-state index in [9.17, 15) is 9.59 Å². The fraction of sp³-hybridized carbons (Fsp3) is 0.143. The van der Waals surface area contributed by atoms with E-state index < -0.39 is 0 Å². The summed E-state index contributed by atoms with van der Waals surface area (Å²) in [5.74, 6) is 0.780. The number of nitrogens with zero attached hydrogens (tertiary/aromatic N) is 1. The topological polar surface area (TPSA) is 55.8 Å². The molecule has 0 unspecified atom stereocenters. The average Bonchev–Trinajstić information content (AvgIpc) is 3.13. The Morgan fingerprint density at radius 2 is 1.78 bits per heavy atom. The first kappa shape index (κ1) is 25.9. The lowest BCUT2D eigenvalue weighted by atomic mass is 10.0. The molecule has 0 N–H and O–H groups in total. The van der Waals surface area contributed by atoms with E-state index in [1.807, 2.05) is 36.4 Å². The third-order valence-corrected chi connectivity index (χ3v) is 7.11. The lowest BCUT2D eigenvalue weighted by molar-refractivity contribution is -0.123. The maximum Gasteiger partial charge on any atom is 0.293 e. The van der Waals surface area contributed by atoms with Gasteiger partial charge in [0.05, 0.1) is 28.6 Å². The summed E-state index contributed by atoms with van der Waals surface area (Å²) in [5, 5.41) is 0.432. The van der Waals surface area contributed by atoms with Gasteiger partial charge >= 0.3 is 0 Å². The molecule has 8 heteroatoms. The monoisotopic (exact) mass is 539 g/mol. The van der Waals surface area contributed by atoms with Gasteiger partial charge in [0.2, 0.25) is 0 Å². The van der Waals surface area contributed by atoms with Crippen molar-refractivity contribution in [3.8, 4) is 11.5 Å². The molecule has 3 aromatic rings. The van der Waals surface area contributed by atoms with Crippen LogP contribution in [0.5, 0.6) is 11.5 Å². The standard InChI is InChI=1S/C28H23Cl2NO4S/c1-3-7-21-12-20(14-24(34-2)26(21)35-17-18-8-5-4-6-9-18)15-25-27(32)31(28(33)36-25)16-19-10-11-22(29)23(30)13-19/h3-6,8-15H,1,7,16-17H2,2H3/b25-15-. The van der Waals surface area contributed by atoms with E-state index in [-0.39, 0.29) is 17.7 Å². The molecule has 1 saturated heterocycles. The van der Waals surface area contributed by atoms with Crippen molar-refractivity contribution in [2.24, 2.45) is 0 Å². The summed E-state index contributed by atoms with van der Waals surface area (Å²) in [6, 6.07) is 18.6. The zero-order valence-corrected chi connectivity index (χ0v) is 21.8. The van der Waals surface area contributed by atoms with Crippen LogP contribution in [0.4, 0.5) is 4.79 Å². The minimum atomic E-state index is -0.371. The maximum atomic E-state index is 13.1. The van der Waals surface area contributed by atoms with Crippen molar-refractivity contribution in [3.05, 3.63) is 111 Å². The Hall–Kier alpha value is -3.19. The van der Waals surface area contributed by atoms with Crippen molar-refractivity contribution < 1.29 is 19.1 Å². The molecule has 1 fully saturated rings. The van der Waals surface area contributed by atoms with Gasteiger partial charge in [-0.25, -0.2) is 0 Å². The molecule has 0 aromatic heterocycles. The highest BCUT2D eigenvalue weighted by molar-refractivity contribution is 8.18. The van der Waals surface area contributed by atoms with Crippen molar-refractivity contribution in [1.82, 2.24) is 4.90 Å². The molecule has 1 aliphatic rings. The van der Waals surface area contributed by atoms with Crippen LogP contribution in [-0.2, 0) is 24.4 Å². The summed E-state index contributed by atoms with van der Waals surface area (Å²) >= 11 is 12.9. The van der Waals surface area contributed by atoms with Crippen LogP contribution in [0.25, 0.3) is 6.08 Å². The van der Waals surface area contributed by atoms with E-state index in [0.29, 0.717) is 45.0 Å². The van der Waals surface area contributed by atoms with Crippen LogP contribution in [0.15, 0.2) is 78.2 Å². The molecule has 0 atom stereocenters. The molecular weight excluding hydrogens is 517 g/mol. The summed E-state index contributed by atoms with van der Waals surface area (Å²) < 4.78 is 11.7. The van der Waals surface area contributed by atoms with Crippen LogP contribution >= 0.6 is 35.0 Å². The fourth-order valence-corrected chi connectivity index (χ4v) is 4.89. The Bertz CT molecular complexity index is 1340. The number of rotatable bonds is 9. The van der Waals surface area contributed by atoms with Gasteiger partial charge in [0.15, 0.2) is 11.5 Å². The molecule has 5 nitrogen and oxygen atoms in total. The number of thioether (sulfide) groups is 1. The summed E-state index contributed by atoms with van der Waals surface area (Å²) in [6.07, 6.45) is 4.01. The molecule has 0 bridgehead atoms. The first-order valence-corrected chi connectivity index (χ1v) is 12.6. The molecule has 0 radical (unpaired) electrons. The van der Waals surface area contributed by atoms with E-state index in [1.165, 1.54) is 4.90 Å². The second-order valence-corrected chi connectivity index (χ2v) is 9.80. The highest BCUT2D eigenvalue weighted by atomic mass is 35.5. The predicted molar refractivity (Wildman–Crippen MR) is 146 cm³/mol. The number of imide groups is 1. The van der Waals surface area contributed by atoms with E-state index in [2.05, 4.69) is 6.58 Å². The van der Waals surface area contributed by atoms with Crippen LogP contribution in [0.1, 0.15) is 22.3 Å². The van der Waals surface area contributed by atoms with Gasteiger partial charge in [-0.3, -0.25) is 14.5 Å². The van der Waals surface area contributed by atoms with Crippen LogP contribution in [-0.4, -0.2) is 23.2 Å². The molecule has 1 aliphatic heterocycles. The third-order valence-electron chi connectivity index (χ3n) is 5.46. The van der Waals surface area contributed by atoms with Gasteiger partial charge in [-0.1, -0.05) is 65.7 Å². The van der Waals surface area contributed by atoms with Crippen LogP contribution in [0, 0.1) is 0 Å². The molecule has 0 aliphatic carbocycles. The van der Waals surface area contributed by atoms with Crippen LogP contribution in [0.2, 0.25) is 10.0 Å². The summed E-state index contributed by atoms with van der Waals surface area (Å²) in [4.78, 5) is 27.2. The number of methoxy groups -OCH3 is 1. The first-order chi connectivity index (χ1) is 17.4. The van der Waals surface area contributed by atoms with E-state index in [4.69, 9.17) is 32.7 Å². The molecule has 184 valence electrons. The predicted octanol–water partition coefficient (Wildman–Crippen LogP) is 7.55. The Labute approximate surface area is 224 Å². The zero-order chi connectivity index (χ0) is 25.7. The lowest BCUT2D eigenvalue weighted by Crippen LogP contribution is -2.27. The molecule has 3 aromatic carbocycles. The number of allylic oxidation sites excluding steroid dienone is 1. The number of hydrogen-bond donors (Lipinski definition) is 0. The molecule has 0 spiro atoms. The summed E-state index contributed by atoms with van der Waals surface area (Å²) in [6.45, 7) is 4.34. The number of benzene rings is 3. The fourth-order valence-electron chi connectivity index (χ4n) is 3.73. The minimum absolute atomic E-state index is 0.107. The third kappa shape index (κ3) is 5.95. The number of hydrogen-bond acceptors (Lipinski definition) is 5. The zero-order valence-electron chi connectivity index (χ0n) is 19.5. The molecule has 0 saturated carbocycles. The van der Waals surface area contributed by atoms with Crippen molar-refractivity contribution in [3.63, 3.8) is 0 Å². The average molecular weight is 540 g/mol. The van der Waals surface area contributed by atoms with Gasteiger partial charge in [-0.2, -0.15) is 0 Å². The van der Waals surface area contributed by atoms with Crippen molar-refractivity contribution in [2.45, 2.75) is 19.6 Å². The first-order valence-electron chi connectivity index (χ1n) is 11.1. The molecule has 1 heterocycles. The van der Waals surface area contributed by atoms with Crippen LogP contribution < -0.4 is 9.47 Å². The van der Waals surface area contributed by atoms with E-state index in [1.54, 1.807) is 43.5 Å². The van der Waals surface area contributed by atoms with Crippen LogP contribution in [0.3, 0.4) is 0 Å². The van der Waals surface area contributed by atoms with E-state index >= 15 is 0 Å². The molecule has 4 rings (SSSR count). The second kappa shape index (κ2) is 11.7. The maximum absolute atomic E-state index is 13.1. The van der Waals surface area contributed by atoms with Gasteiger partial charge in [0, 0.05) is 5.56 Å². The Balaban J connectivity index is 1.59. The highest BCUT2D eigenvalue weighted by Crippen LogP contribution is 2.38. The molecular formula is C28H23Cl2NO4S. The lowest BCUT2D eigenvalue weighted by Gasteiger charge is -2.16. The highest BCUT2D eigenvalue weighted by Gasteiger charge is 2.35. The summed E-state index contributed by atoms with van der Waals surface area (Å²) in [5.41, 5.74) is 3.32. The minimum Gasteiger partial charge on any atom is -0.493 e. The molecule has 2 amide bonds. The van der Waals surface area contributed by atoms with Gasteiger partial charge in [0.1, 0.15) is 6.61 Å². The summed E-state index contributed by atoms with van der Waals surface area (Å²) in [7, 11) is 1.57. The van der Waals surface area contributed by atoms with Crippen molar-refractivity contribution in [2.75, 3.05) is 7.11 Å². The van der Waals surface area contributed by atoms with Gasteiger partial charge in [-0.05, 0) is 65.2 Å². The number of halogens is 2. The quantitative estimate of drug-likeness (QED) is 0.207. The largest absolute Gasteiger partial charge is 0.493 e. The second-order valence-electron chi connectivity index (χ2n) is 7.99. The number of carbonyl (C=O) groups is 2. The van der Waals surface area contributed by atoms with Gasteiger partial charge in [0.25, 0.3) is 11.1 Å². The van der Waals surface area contributed by atoms with Crippen molar-refractivity contribution in [1.29, 1.82) is 0 Å². The Kier molecular flexibility index (Phi) is 8.41. The van der Waals surface area contributed by atoms with Gasteiger partial charge in [-0.15, -0.1) is 6.58 Å². The number of ether oxygens (including phenoxy) is 2. The normalized spacial score (nSPS) is 14.4. The Morgan fingerprint density at radius 3 is 2.47 bits per heavy atom. The smallest absolute Gasteiger partial charge is 0.293 e. The van der Waals surface area contributed by atoms with Gasteiger partial charge < -0.3 is 9.47 Å². The number of carbonyl (C=O) groups excluding carboxylic acids is 2. The van der Waals surface area contributed by atoms with E-state index in [0.717, 1.165) is 28.5 Å². The van der Waals surface area contributed by atoms with Crippen molar-refractivity contribution >= 4 is 52.2 Å². The SMILES string of the molecule is C=CCc1cc(/C=C2\SC(=O)N(Cc3ccc(Cl)c(Cl)c3)C2=O)cc(OC)c1OCc1ccccc1. The Morgan fingerprint density at radius 1 is 1.00 bits per heavy atom. The molecule has 36 heavy (non-hydrogen) atoms.